The van der Waals surface area contributed by atoms with Crippen LogP contribution in [0, 0.1) is 0 Å². The Labute approximate surface area is 137 Å². The number of nitrogens with one attached hydrogen (secondary N) is 1. The highest BCUT2D eigenvalue weighted by atomic mass is 16.3. The summed E-state index contributed by atoms with van der Waals surface area (Å²) >= 11 is 0. The van der Waals surface area contributed by atoms with E-state index >= 15 is 0 Å². The highest BCUT2D eigenvalue weighted by Crippen LogP contribution is 2.14. The Morgan fingerprint density at radius 2 is 1.91 bits per heavy atom. The number of carbonyl (C=O) groups is 1. The van der Waals surface area contributed by atoms with Crippen molar-refractivity contribution in [2.75, 3.05) is 13.6 Å². The van der Waals surface area contributed by atoms with E-state index in [0.717, 1.165) is 24.0 Å². The summed E-state index contributed by atoms with van der Waals surface area (Å²) in [6.07, 6.45) is 5.90. The van der Waals surface area contributed by atoms with E-state index in [0.29, 0.717) is 18.5 Å². The number of aryl methyl sites for hydroxylation is 1. The Morgan fingerprint density at radius 3 is 2.48 bits per heavy atom. The fourth-order valence-corrected chi connectivity index (χ4v) is 2.30. The van der Waals surface area contributed by atoms with Crippen LogP contribution in [0.3, 0.4) is 0 Å². The molecular weight excluding hydrogens is 290 g/mol. The first kappa shape index (κ1) is 17.2. The minimum Gasteiger partial charge on any atom is -0.390 e. The number of benzene rings is 1. The summed E-state index contributed by atoms with van der Waals surface area (Å²) in [6, 6.07) is 7.64. The van der Waals surface area contributed by atoms with Gasteiger partial charge in [-0.1, -0.05) is 12.1 Å². The normalized spacial score (nSPS) is 11.5. The second kappa shape index (κ2) is 7.42. The van der Waals surface area contributed by atoms with Gasteiger partial charge >= 0.3 is 0 Å². The Bertz CT molecular complexity index is 613. The van der Waals surface area contributed by atoms with Gasteiger partial charge in [0.1, 0.15) is 0 Å². The molecule has 0 saturated carbocycles. The van der Waals surface area contributed by atoms with Crippen molar-refractivity contribution in [1.29, 1.82) is 0 Å². The SMILES string of the molecule is CN(CCc1cn[nH]c1)C(=O)c1ccc(CCC(C)(C)O)cc1. The van der Waals surface area contributed by atoms with Crippen molar-refractivity contribution >= 4 is 5.91 Å². The smallest absolute Gasteiger partial charge is 0.253 e. The second-order valence-electron chi connectivity index (χ2n) is 6.59. The molecule has 2 N–H and O–H groups in total. The largest absolute Gasteiger partial charge is 0.390 e. The number of amides is 1. The van der Waals surface area contributed by atoms with E-state index < -0.39 is 5.60 Å². The topological polar surface area (TPSA) is 69.2 Å². The third kappa shape index (κ3) is 5.53. The van der Waals surface area contributed by atoms with Gasteiger partial charge in [0, 0.05) is 25.4 Å². The molecule has 5 heteroatoms. The number of aromatic amines is 1. The lowest BCUT2D eigenvalue weighted by Crippen LogP contribution is -2.28. The van der Waals surface area contributed by atoms with Gasteiger partial charge in [-0.25, -0.2) is 0 Å². The van der Waals surface area contributed by atoms with Crippen LogP contribution in [0.15, 0.2) is 36.7 Å². The average Bonchev–Trinajstić information content (AvgIpc) is 3.03. The third-order valence-corrected chi connectivity index (χ3v) is 3.86. The number of carbonyl (C=O) groups excluding carboxylic acids is 1. The van der Waals surface area contributed by atoms with Gasteiger partial charge < -0.3 is 10.0 Å². The fraction of sp³-hybridized carbons (Fsp3) is 0.444. The molecule has 2 rings (SSSR count). The molecule has 124 valence electrons. The lowest BCUT2D eigenvalue weighted by Gasteiger charge is -2.18. The van der Waals surface area contributed by atoms with Crippen molar-refractivity contribution in [2.24, 2.45) is 0 Å². The molecule has 1 aromatic heterocycles. The van der Waals surface area contributed by atoms with Crippen molar-refractivity contribution in [1.82, 2.24) is 15.1 Å². The highest BCUT2D eigenvalue weighted by molar-refractivity contribution is 5.94. The number of hydrogen-bond acceptors (Lipinski definition) is 3. The first-order valence-electron chi connectivity index (χ1n) is 7.89. The molecule has 0 atom stereocenters. The van der Waals surface area contributed by atoms with Crippen LogP contribution in [0.2, 0.25) is 0 Å². The van der Waals surface area contributed by atoms with Gasteiger partial charge in [0.2, 0.25) is 0 Å². The maximum Gasteiger partial charge on any atom is 0.253 e. The van der Waals surface area contributed by atoms with Crippen LogP contribution >= 0.6 is 0 Å². The molecular formula is C18H25N3O2. The summed E-state index contributed by atoms with van der Waals surface area (Å²) in [6.45, 7) is 4.26. The molecule has 5 nitrogen and oxygen atoms in total. The molecule has 0 saturated heterocycles. The van der Waals surface area contributed by atoms with E-state index in [4.69, 9.17) is 0 Å². The molecule has 0 aliphatic heterocycles. The zero-order valence-corrected chi connectivity index (χ0v) is 14.0. The molecule has 1 amide bonds. The van der Waals surface area contributed by atoms with Crippen molar-refractivity contribution in [3.63, 3.8) is 0 Å². The van der Waals surface area contributed by atoms with Gasteiger partial charge in [0.15, 0.2) is 0 Å². The molecule has 0 spiro atoms. The lowest BCUT2D eigenvalue weighted by atomic mass is 9.98. The molecule has 1 heterocycles. The lowest BCUT2D eigenvalue weighted by molar-refractivity contribution is 0.0713. The molecule has 2 aromatic rings. The third-order valence-electron chi connectivity index (χ3n) is 3.86. The summed E-state index contributed by atoms with van der Waals surface area (Å²) in [5.74, 6) is 0.0162. The predicted octanol–water partition coefficient (Wildman–Crippen LogP) is 2.43. The molecule has 0 unspecified atom stereocenters. The number of aliphatic hydroxyl groups is 1. The second-order valence-corrected chi connectivity index (χ2v) is 6.59. The quantitative estimate of drug-likeness (QED) is 0.824. The van der Waals surface area contributed by atoms with E-state index in [1.807, 2.05) is 37.5 Å². The Morgan fingerprint density at radius 1 is 1.22 bits per heavy atom. The Balaban J connectivity index is 1.88. The summed E-state index contributed by atoms with van der Waals surface area (Å²) < 4.78 is 0. The minimum atomic E-state index is -0.665. The zero-order valence-electron chi connectivity index (χ0n) is 14.0. The van der Waals surface area contributed by atoms with Crippen LogP contribution in [0.1, 0.15) is 41.8 Å². The van der Waals surface area contributed by atoms with Gasteiger partial charge in [-0.2, -0.15) is 5.10 Å². The van der Waals surface area contributed by atoms with Crippen LogP contribution in [-0.2, 0) is 12.8 Å². The van der Waals surface area contributed by atoms with Crippen LogP contribution in [0.5, 0.6) is 0 Å². The van der Waals surface area contributed by atoms with Gasteiger partial charge in [-0.3, -0.25) is 9.89 Å². The summed E-state index contributed by atoms with van der Waals surface area (Å²) in [5.41, 5.74) is 2.24. The highest BCUT2D eigenvalue weighted by Gasteiger charge is 2.14. The van der Waals surface area contributed by atoms with Crippen molar-refractivity contribution in [2.45, 2.75) is 38.7 Å². The van der Waals surface area contributed by atoms with Crippen LogP contribution in [0.25, 0.3) is 0 Å². The predicted molar refractivity (Wildman–Crippen MR) is 90.3 cm³/mol. The van der Waals surface area contributed by atoms with Gasteiger partial charge in [-0.15, -0.1) is 0 Å². The monoisotopic (exact) mass is 315 g/mol. The van der Waals surface area contributed by atoms with Gasteiger partial charge in [-0.05, 0) is 56.4 Å². The van der Waals surface area contributed by atoms with Crippen molar-refractivity contribution < 1.29 is 9.90 Å². The zero-order chi connectivity index (χ0) is 16.9. The van der Waals surface area contributed by atoms with Crippen LogP contribution in [-0.4, -0.2) is 45.3 Å². The van der Waals surface area contributed by atoms with E-state index in [9.17, 15) is 9.90 Å². The van der Waals surface area contributed by atoms with Crippen LogP contribution < -0.4 is 0 Å². The molecule has 0 fully saturated rings. The molecule has 1 aromatic carbocycles. The maximum atomic E-state index is 12.4. The first-order valence-corrected chi connectivity index (χ1v) is 7.89. The number of rotatable bonds is 7. The van der Waals surface area contributed by atoms with E-state index in [2.05, 4.69) is 10.2 Å². The standard InChI is InChI=1S/C18H25N3O2/c1-18(2,23)10-8-14-4-6-16(7-5-14)17(22)21(3)11-9-15-12-19-20-13-15/h4-7,12-13,23H,8-11H2,1-3H3,(H,19,20). The van der Waals surface area contributed by atoms with Crippen LogP contribution in [0.4, 0.5) is 0 Å². The average molecular weight is 315 g/mol. The number of likely N-dealkylation sites (N-methyl/N-ethyl adjacent to an activating group) is 1. The van der Waals surface area contributed by atoms with E-state index in [1.54, 1.807) is 24.9 Å². The molecule has 0 aliphatic carbocycles. The van der Waals surface area contributed by atoms with E-state index in [1.165, 1.54) is 0 Å². The molecule has 0 bridgehead atoms. The molecule has 0 radical (unpaired) electrons. The van der Waals surface area contributed by atoms with Crippen molar-refractivity contribution in [3.8, 4) is 0 Å². The maximum absolute atomic E-state index is 12.4. The molecule has 0 aliphatic rings. The van der Waals surface area contributed by atoms with E-state index in [-0.39, 0.29) is 5.91 Å². The van der Waals surface area contributed by atoms with Gasteiger partial charge in [0.05, 0.1) is 11.8 Å². The molecule has 23 heavy (non-hydrogen) atoms. The summed E-state index contributed by atoms with van der Waals surface area (Å²) in [5, 5.41) is 16.4. The van der Waals surface area contributed by atoms with Gasteiger partial charge in [0.25, 0.3) is 5.91 Å². The van der Waals surface area contributed by atoms with Crippen molar-refractivity contribution in [3.05, 3.63) is 53.3 Å². The first-order chi connectivity index (χ1) is 10.8. The number of nitrogens with zero attached hydrogens (tertiary/aromatic N) is 2. The summed E-state index contributed by atoms with van der Waals surface area (Å²) in [7, 11) is 1.81. The number of hydrogen-bond donors (Lipinski definition) is 2. The number of H-pyrrole nitrogens is 1. The Hall–Kier alpha value is -2.14. The summed E-state index contributed by atoms with van der Waals surface area (Å²) in [4.78, 5) is 14.1. The minimum absolute atomic E-state index is 0.0162. The number of aromatic nitrogens is 2. The fourth-order valence-electron chi connectivity index (χ4n) is 2.30. The Kier molecular flexibility index (Phi) is 5.55.